The number of hydrogen-bond donors (Lipinski definition) is 2. The minimum absolute atomic E-state index is 0.0676. The average molecular weight is 594 g/mol. The first-order valence-electron chi connectivity index (χ1n) is 14.3. The monoisotopic (exact) mass is 593 g/mol. The minimum Gasteiger partial charge on any atom is -0.378 e. The van der Waals surface area contributed by atoms with Crippen LogP contribution in [-0.4, -0.2) is 55.7 Å². The molecule has 9 nitrogen and oxygen atoms in total. The smallest absolute Gasteiger partial charge is 0.275 e. The molecule has 44 heavy (non-hydrogen) atoms. The summed E-state index contributed by atoms with van der Waals surface area (Å²) in [6.07, 6.45) is 0. The lowest BCUT2D eigenvalue weighted by atomic mass is 9.99. The van der Waals surface area contributed by atoms with Crippen molar-refractivity contribution in [1.82, 2.24) is 9.88 Å². The third-order valence-electron chi connectivity index (χ3n) is 7.61. The van der Waals surface area contributed by atoms with Crippen LogP contribution in [0.1, 0.15) is 34.0 Å². The Morgan fingerprint density at radius 1 is 1.00 bits per heavy atom. The Balaban J connectivity index is 1.63. The van der Waals surface area contributed by atoms with E-state index in [-0.39, 0.29) is 23.9 Å². The number of halogens is 1. The van der Waals surface area contributed by atoms with Gasteiger partial charge in [0.05, 0.1) is 43.1 Å². The fourth-order valence-corrected chi connectivity index (χ4v) is 5.05. The molecule has 1 aromatic heterocycles. The van der Waals surface area contributed by atoms with E-state index in [1.54, 1.807) is 62.5 Å². The van der Waals surface area contributed by atoms with Gasteiger partial charge in [0.25, 0.3) is 5.56 Å². The fourth-order valence-electron chi connectivity index (χ4n) is 5.05. The Morgan fingerprint density at radius 2 is 1.75 bits per heavy atom. The van der Waals surface area contributed by atoms with Crippen molar-refractivity contribution in [3.63, 3.8) is 0 Å². The summed E-state index contributed by atoms with van der Waals surface area (Å²) in [6, 6.07) is 22.7. The van der Waals surface area contributed by atoms with E-state index in [1.165, 1.54) is 28.8 Å². The van der Waals surface area contributed by atoms with E-state index in [0.717, 1.165) is 5.69 Å². The number of anilines is 2. The van der Waals surface area contributed by atoms with Gasteiger partial charge in [-0.2, -0.15) is 5.26 Å². The van der Waals surface area contributed by atoms with Crippen LogP contribution in [0.25, 0.3) is 11.3 Å². The maximum Gasteiger partial charge on any atom is 0.275 e. The number of ketones is 1. The van der Waals surface area contributed by atoms with Gasteiger partial charge in [-0.05, 0) is 91.8 Å². The summed E-state index contributed by atoms with van der Waals surface area (Å²) in [6.45, 7) is 4.09. The molecule has 1 saturated heterocycles. The van der Waals surface area contributed by atoms with Gasteiger partial charge in [-0.25, -0.2) is 4.39 Å². The molecule has 2 N–H and O–H groups in total. The number of nitriles is 1. The van der Waals surface area contributed by atoms with Gasteiger partial charge in [0.1, 0.15) is 11.5 Å². The molecule has 0 unspecified atom stereocenters. The standard InChI is InChI=1S/C34H32FN5O4/c1-22(37-2)33(42)38-30-10-11-31(26-5-3-4-23(16-26)20-36)40(34(30)43)21-24-17-27(32(41)25-6-8-28(35)9-7-25)19-29(18-24)39-12-14-44-15-13-39/h3-11,16-19,22,37H,12-15,21H2,1-2H3,(H,38,42)/t22-/m1/s1. The molecule has 0 radical (unpaired) electrons. The van der Waals surface area contributed by atoms with Crippen molar-refractivity contribution in [1.29, 1.82) is 5.26 Å². The highest BCUT2D eigenvalue weighted by atomic mass is 19.1. The molecule has 1 amide bonds. The van der Waals surface area contributed by atoms with Crippen LogP contribution in [0, 0.1) is 17.1 Å². The lowest BCUT2D eigenvalue weighted by molar-refractivity contribution is -0.117. The summed E-state index contributed by atoms with van der Waals surface area (Å²) in [5, 5.41) is 15.1. The number of ether oxygens (including phenoxy) is 1. The van der Waals surface area contributed by atoms with Crippen molar-refractivity contribution >= 4 is 23.1 Å². The molecular weight excluding hydrogens is 561 g/mol. The molecule has 1 aliphatic heterocycles. The maximum atomic E-state index is 14.0. The predicted molar refractivity (Wildman–Crippen MR) is 166 cm³/mol. The van der Waals surface area contributed by atoms with Crippen LogP contribution < -0.4 is 21.1 Å². The minimum atomic E-state index is -0.528. The lowest BCUT2D eigenvalue weighted by Crippen LogP contribution is -2.37. The Kier molecular flexibility index (Phi) is 9.29. The van der Waals surface area contributed by atoms with E-state index in [1.807, 2.05) is 6.07 Å². The predicted octanol–water partition coefficient (Wildman–Crippen LogP) is 4.19. The molecule has 4 aromatic rings. The Bertz CT molecular complexity index is 1790. The third-order valence-corrected chi connectivity index (χ3v) is 7.61. The average Bonchev–Trinajstić information content (AvgIpc) is 3.06. The fraction of sp³-hybridized carbons (Fsp3) is 0.235. The van der Waals surface area contributed by atoms with Gasteiger partial charge < -0.3 is 24.8 Å². The van der Waals surface area contributed by atoms with Crippen LogP contribution in [0.5, 0.6) is 0 Å². The summed E-state index contributed by atoms with van der Waals surface area (Å²) in [4.78, 5) is 42.3. The first kappa shape index (κ1) is 30.4. The first-order chi connectivity index (χ1) is 21.3. The zero-order valence-electron chi connectivity index (χ0n) is 24.5. The number of morpholine rings is 1. The second-order valence-electron chi connectivity index (χ2n) is 10.5. The molecule has 3 aromatic carbocycles. The largest absolute Gasteiger partial charge is 0.378 e. The van der Waals surface area contributed by atoms with Gasteiger partial charge >= 0.3 is 0 Å². The van der Waals surface area contributed by atoms with Crippen LogP contribution >= 0.6 is 0 Å². The summed E-state index contributed by atoms with van der Waals surface area (Å²) in [5.41, 5.74) is 3.48. The number of carbonyl (C=O) groups excluding carboxylic acids is 2. The van der Waals surface area contributed by atoms with Crippen LogP contribution in [0.4, 0.5) is 15.8 Å². The third kappa shape index (κ3) is 6.75. The number of benzene rings is 3. The molecule has 1 aliphatic rings. The van der Waals surface area contributed by atoms with E-state index in [4.69, 9.17) is 4.74 Å². The van der Waals surface area contributed by atoms with Gasteiger partial charge in [-0.3, -0.25) is 14.4 Å². The summed E-state index contributed by atoms with van der Waals surface area (Å²) >= 11 is 0. The SMILES string of the molecule is CN[C@H](C)C(=O)Nc1ccc(-c2cccc(C#N)c2)n(Cc2cc(C(=O)c3ccc(F)cc3)cc(N3CCOCC3)c2)c1=O. The summed E-state index contributed by atoms with van der Waals surface area (Å²) in [7, 11) is 1.65. The number of likely N-dealkylation sites (N-methyl/N-ethyl adjacent to an activating group) is 1. The molecular formula is C34H32FN5O4. The van der Waals surface area contributed by atoms with E-state index in [2.05, 4.69) is 21.6 Å². The molecule has 0 bridgehead atoms. The van der Waals surface area contributed by atoms with Gasteiger partial charge in [-0.15, -0.1) is 0 Å². The highest BCUT2D eigenvalue weighted by Gasteiger charge is 2.20. The highest BCUT2D eigenvalue weighted by Crippen LogP contribution is 2.26. The van der Waals surface area contributed by atoms with Crippen LogP contribution in [0.3, 0.4) is 0 Å². The lowest BCUT2D eigenvalue weighted by Gasteiger charge is -2.29. The second kappa shape index (κ2) is 13.5. The van der Waals surface area contributed by atoms with E-state index in [9.17, 15) is 24.0 Å². The molecule has 1 atom stereocenters. The zero-order valence-corrected chi connectivity index (χ0v) is 24.5. The molecule has 0 spiro atoms. The van der Waals surface area contributed by atoms with Crippen molar-refractivity contribution in [3.05, 3.63) is 117 Å². The Morgan fingerprint density at radius 3 is 2.45 bits per heavy atom. The maximum absolute atomic E-state index is 14.0. The van der Waals surface area contributed by atoms with E-state index < -0.39 is 17.4 Å². The first-order valence-corrected chi connectivity index (χ1v) is 14.3. The van der Waals surface area contributed by atoms with Crippen molar-refractivity contribution in [3.8, 4) is 17.3 Å². The summed E-state index contributed by atoms with van der Waals surface area (Å²) in [5.74, 6) is -1.08. The number of nitrogens with one attached hydrogen (secondary N) is 2. The van der Waals surface area contributed by atoms with Crippen LogP contribution in [0.2, 0.25) is 0 Å². The van der Waals surface area contributed by atoms with Gasteiger partial charge in [0.2, 0.25) is 5.91 Å². The molecule has 10 heteroatoms. The van der Waals surface area contributed by atoms with Crippen molar-refractivity contribution in [2.75, 3.05) is 43.6 Å². The van der Waals surface area contributed by atoms with E-state index >= 15 is 0 Å². The number of pyridine rings is 1. The molecule has 224 valence electrons. The topological polar surface area (TPSA) is 116 Å². The molecule has 1 fully saturated rings. The van der Waals surface area contributed by atoms with Crippen molar-refractivity contribution in [2.24, 2.45) is 0 Å². The molecule has 5 rings (SSSR count). The van der Waals surface area contributed by atoms with Gasteiger partial charge in [-0.1, -0.05) is 12.1 Å². The Hall–Kier alpha value is -5.11. The molecule has 2 heterocycles. The van der Waals surface area contributed by atoms with Crippen molar-refractivity contribution < 1.29 is 18.7 Å². The van der Waals surface area contributed by atoms with Crippen LogP contribution in [-0.2, 0) is 16.1 Å². The Labute approximate surface area is 254 Å². The highest BCUT2D eigenvalue weighted by molar-refractivity contribution is 6.09. The summed E-state index contributed by atoms with van der Waals surface area (Å²) < 4.78 is 20.6. The van der Waals surface area contributed by atoms with Crippen molar-refractivity contribution in [2.45, 2.75) is 19.5 Å². The molecule has 0 aliphatic carbocycles. The zero-order chi connectivity index (χ0) is 31.2. The number of rotatable bonds is 9. The van der Waals surface area contributed by atoms with Gasteiger partial charge in [0.15, 0.2) is 5.78 Å². The number of aromatic nitrogens is 1. The second-order valence-corrected chi connectivity index (χ2v) is 10.5. The number of amides is 1. The number of nitrogens with zero attached hydrogens (tertiary/aromatic N) is 3. The van der Waals surface area contributed by atoms with Crippen LogP contribution in [0.15, 0.2) is 83.7 Å². The normalized spacial score (nSPS) is 13.6. The number of hydrogen-bond acceptors (Lipinski definition) is 7. The van der Waals surface area contributed by atoms with Gasteiger partial charge in [0, 0.05) is 29.9 Å². The molecule has 0 saturated carbocycles. The number of carbonyl (C=O) groups is 2. The van der Waals surface area contributed by atoms with E-state index in [0.29, 0.717) is 59.8 Å². The quantitative estimate of drug-likeness (QED) is 0.280.